The number of nitriles is 1. The summed E-state index contributed by atoms with van der Waals surface area (Å²) in [6.45, 7) is 7.46. The van der Waals surface area contributed by atoms with E-state index in [1.807, 2.05) is 38.1 Å². The maximum atomic E-state index is 13.2. The van der Waals surface area contributed by atoms with Crippen LogP contribution >= 0.6 is 0 Å². The highest BCUT2D eigenvalue weighted by atomic mass is 16.5. The Morgan fingerprint density at radius 1 is 1.33 bits per heavy atom. The van der Waals surface area contributed by atoms with E-state index in [4.69, 9.17) is 4.74 Å². The average molecular weight is 400 g/mol. The van der Waals surface area contributed by atoms with Gasteiger partial charge in [-0.15, -0.1) is 6.58 Å². The number of aryl methyl sites for hydroxylation is 2. The molecule has 0 unspecified atom stereocenters. The highest BCUT2D eigenvalue weighted by Crippen LogP contribution is 2.25. The molecule has 0 spiro atoms. The number of hydrogen-bond donors (Lipinski definition) is 1. The lowest BCUT2D eigenvalue weighted by Gasteiger charge is -2.12. The fourth-order valence-electron chi connectivity index (χ4n) is 2.84. The van der Waals surface area contributed by atoms with Gasteiger partial charge in [-0.1, -0.05) is 24.3 Å². The van der Waals surface area contributed by atoms with Gasteiger partial charge in [0.15, 0.2) is 0 Å². The number of rotatable bonds is 6. The van der Waals surface area contributed by atoms with Crippen molar-refractivity contribution in [3.8, 4) is 17.7 Å². The van der Waals surface area contributed by atoms with Crippen LogP contribution in [0.2, 0.25) is 0 Å². The monoisotopic (exact) mass is 400 g/mol. The summed E-state index contributed by atoms with van der Waals surface area (Å²) in [5.74, 6) is -0.110. The Kier molecular flexibility index (Phi) is 6.08. The molecule has 0 fully saturated rings. The Morgan fingerprint density at radius 2 is 2.13 bits per heavy atom. The van der Waals surface area contributed by atoms with E-state index < -0.39 is 11.5 Å². The van der Waals surface area contributed by atoms with Gasteiger partial charge in [-0.25, -0.2) is 0 Å². The van der Waals surface area contributed by atoms with Gasteiger partial charge in [-0.3, -0.25) is 14.0 Å². The van der Waals surface area contributed by atoms with Crippen LogP contribution in [0, 0.1) is 25.2 Å². The topological polar surface area (TPSA) is 96.5 Å². The average Bonchev–Trinajstić information content (AvgIpc) is 2.73. The molecule has 7 nitrogen and oxygen atoms in total. The van der Waals surface area contributed by atoms with Gasteiger partial charge in [-0.05, 0) is 49.2 Å². The lowest BCUT2D eigenvalue weighted by Crippen LogP contribution is -2.25. The first-order chi connectivity index (χ1) is 14.4. The van der Waals surface area contributed by atoms with Crippen molar-refractivity contribution < 1.29 is 9.53 Å². The quantitative estimate of drug-likeness (QED) is 0.389. The van der Waals surface area contributed by atoms with Crippen LogP contribution in [0.3, 0.4) is 0 Å². The van der Waals surface area contributed by atoms with Crippen molar-refractivity contribution in [2.75, 3.05) is 6.54 Å². The van der Waals surface area contributed by atoms with E-state index in [1.165, 1.54) is 16.6 Å². The van der Waals surface area contributed by atoms with Crippen molar-refractivity contribution in [3.63, 3.8) is 0 Å². The molecular formula is C23H20N4O3. The minimum Gasteiger partial charge on any atom is -0.438 e. The smallest absolute Gasteiger partial charge is 0.269 e. The second kappa shape index (κ2) is 8.88. The summed E-state index contributed by atoms with van der Waals surface area (Å²) in [6.07, 6.45) is 4.28. The maximum absolute atomic E-state index is 13.2. The fraction of sp³-hybridized carbons (Fsp3) is 0.130. The lowest BCUT2D eigenvalue weighted by molar-refractivity contribution is -0.116. The standard InChI is InChI=1S/C23H20N4O3/c1-4-10-25-21(28)17(14-24)13-19-22(30-18-9-5-7-15(2)12-18)26-20-16(3)8-6-11-27(20)23(19)29/h4-9,11-13H,1,10H2,2-3H3,(H,25,28). The number of carbonyl (C=O) groups excluding carboxylic acids is 1. The fourth-order valence-corrected chi connectivity index (χ4v) is 2.84. The third-order valence-corrected chi connectivity index (χ3v) is 4.31. The van der Waals surface area contributed by atoms with Crippen LogP contribution < -0.4 is 15.6 Å². The van der Waals surface area contributed by atoms with Gasteiger partial charge < -0.3 is 10.1 Å². The first kappa shape index (κ1) is 20.6. The molecule has 150 valence electrons. The van der Waals surface area contributed by atoms with Crippen LogP contribution in [0.25, 0.3) is 11.7 Å². The third-order valence-electron chi connectivity index (χ3n) is 4.31. The Labute approximate surface area is 173 Å². The molecule has 2 heterocycles. The lowest BCUT2D eigenvalue weighted by atomic mass is 10.1. The highest BCUT2D eigenvalue weighted by molar-refractivity contribution is 6.02. The van der Waals surface area contributed by atoms with Crippen molar-refractivity contribution in [1.29, 1.82) is 5.26 Å². The van der Waals surface area contributed by atoms with Gasteiger partial charge >= 0.3 is 0 Å². The molecule has 1 amide bonds. The molecule has 0 bridgehead atoms. The van der Waals surface area contributed by atoms with Crippen molar-refractivity contribution in [2.24, 2.45) is 0 Å². The van der Waals surface area contributed by atoms with Crippen LogP contribution in [-0.4, -0.2) is 21.8 Å². The highest BCUT2D eigenvalue weighted by Gasteiger charge is 2.17. The third kappa shape index (κ3) is 4.28. The van der Waals surface area contributed by atoms with E-state index in [9.17, 15) is 14.9 Å². The van der Waals surface area contributed by atoms with Gasteiger partial charge in [0.05, 0.1) is 0 Å². The molecule has 0 atom stereocenters. The second-order valence-corrected chi connectivity index (χ2v) is 6.61. The van der Waals surface area contributed by atoms with Crippen molar-refractivity contribution in [2.45, 2.75) is 13.8 Å². The number of ether oxygens (including phenoxy) is 1. The summed E-state index contributed by atoms with van der Waals surface area (Å²) in [4.78, 5) is 30.0. The van der Waals surface area contributed by atoms with Gasteiger partial charge in [0, 0.05) is 12.7 Å². The number of nitrogens with zero attached hydrogens (tertiary/aromatic N) is 3. The molecule has 0 radical (unpaired) electrons. The number of fused-ring (bicyclic) bond motifs is 1. The molecule has 2 aromatic heterocycles. The van der Waals surface area contributed by atoms with E-state index in [1.54, 1.807) is 24.4 Å². The summed E-state index contributed by atoms with van der Waals surface area (Å²) in [5, 5.41) is 12.0. The Hall–Kier alpha value is -4.18. The van der Waals surface area contributed by atoms with Crippen LogP contribution in [0.1, 0.15) is 16.7 Å². The number of amides is 1. The molecule has 3 rings (SSSR count). The van der Waals surface area contributed by atoms with E-state index in [0.717, 1.165) is 11.1 Å². The zero-order valence-electron chi connectivity index (χ0n) is 16.7. The van der Waals surface area contributed by atoms with Gasteiger partial charge in [-0.2, -0.15) is 10.2 Å². The summed E-state index contributed by atoms with van der Waals surface area (Å²) in [5.41, 5.74) is 1.50. The van der Waals surface area contributed by atoms with Gasteiger partial charge in [0.25, 0.3) is 11.5 Å². The molecule has 30 heavy (non-hydrogen) atoms. The van der Waals surface area contributed by atoms with Crippen molar-refractivity contribution in [1.82, 2.24) is 14.7 Å². The molecule has 0 saturated heterocycles. The van der Waals surface area contributed by atoms with Crippen LogP contribution in [0.15, 0.2) is 65.6 Å². The minimum absolute atomic E-state index is 0.00455. The van der Waals surface area contributed by atoms with Crippen molar-refractivity contribution >= 4 is 17.6 Å². The molecule has 1 aromatic carbocycles. The molecule has 0 aliphatic heterocycles. The summed E-state index contributed by atoms with van der Waals surface area (Å²) in [7, 11) is 0. The van der Waals surface area contributed by atoms with E-state index in [2.05, 4.69) is 16.9 Å². The second-order valence-electron chi connectivity index (χ2n) is 6.61. The number of hydrogen-bond acceptors (Lipinski definition) is 5. The number of pyridine rings is 1. The first-order valence-corrected chi connectivity index (χ1v) is 9.22. The number of carbonyl (C=O) groups is 1. The van der Waals surface area contributed by atoms with Gasteiger partial charge in [0.2, 0.25) is 5.88 Å². The predicted octanol–water partition coefficient (Wildman–Crippen LogP) is 3.31. The molecule has 0 aliphatic rings. The number of aromatic nitrogens is 2. The molecule has 7 heteroatoms. The van der Waals surface area contributed by atoms with Crippen molar-refractivity contribution in [3.05, 3.63) is 87.9 Å². The number of nitrogens with one attached hydrogen (secondary N) is 1. The predicted molar refractivity (Wildman–Crippen MR) is 114 cm³/mol. The molecule has 1 N–H and O–H groups in total. The summed E-state index contributed by atoms with van der Waals surface area (Å²) < 4.78 is 7.28. The zero-order chi connectivity index (χ0) is 21.7. The largest absolute Gasteiger partial charge is 0.438 e. The van der Waals surface area contributed by atoms with Gasteiger partial charge in [0.1, 0.15) is 28.6 Å². The Morgan fingerprint density at radius 3 is 2.83 bits per heavy atom. The normalized spacial score (nSPS) is 11.0. The van der Waals surface area contributed by atoms with E-state index in [-0.39, 0.29) is 23.6 Å². The zero-order valence-corrected chi connectivity index (χ0v) is 16.7. The van der Waals surface area contributed by atoms with E-state index in [0.29, 0.717) is 11.4 Å². The SMILES string of the molecule is C=CCNC(=O)C(C#N)=Cc1c(Oc2cccc(C)c2)nc2c(C)cccn2c1=O. The molecule has 0 saturated carbocycles. The molecule has 3 aromatic rings. The Bertz CT molecular complexity index is 1270. The summed E-state index contributed by atoms with van der Waals surface area (Å²) in [6, 6.07) is 12.7. The summed E-state index contributed by atoms with van der Waals surface area (Å²) >= 11 is 0. The van der Waals surface area contributed by atoms with E-state index >= 15 is 0 Å². The van der Waals surface area contributed by atoms with Crippen LogP contribution in [-0.2, 0) is 4.79 Å². The Balaban J connectivity index is 2.22. The molecule has 0 aliphatic carbocycles. The first-order valence-electron chi connectivity index (χ1n) is 9.22. The maximum Gasteiger partial charge on any atom is 0.269 e. The van der Waals surface area contributed by atoms with Crippen LogP contribution in [0.4, 0.5) is 0 Å². The number of benzene rings is 1. The van der Waals surface area contributed by atoms with Crippen LogP contribution in [0.5, 0.6) is 11.6 Å². The minimum atomic E-state index is -0.618. The molecular weight excluding hydrogens is 380 g/mol.